The molecule has 2 amide bonds. The van der Waals surface area contributed by atoms with Gasteiger partial charge in [0, 0.05) is 31.6 Å². The molecule has 0 spiro atoms. The minimum absolute atomic E-state index is 0.00161. The Kier molecular flexibility index (Phi) is 4.80. The average molecular weight is 332 g/mol. The molecule has 2 aliphatic heterocycles. The molecule has 3 rings (SSSR count). The van der Waals surface area contributed by atoms with Gasteiger partial charge in [-0.05, 0) is 18.1 Å². The summed E-state index contributed by atoms with van der Waals surface area (Å²) < 4.78 is 5.14. The summed E-state index contributed by atoms with van der Waals surface area (Å²) in [7, 11) is 0. The van der Waals surface area contributed by atoms with E-state index in [1.807, 2.05) is 24.3 Å². The Morgan fingerprint density at radius 2 is 2.04 bits per heavy atom. The number of rotatable bonds is 4. The van der Waals surface area contributed by atoms with Crippen LogP contribution >= 0.6 is 0 Å². The Hall–Kier alpha value is -2.41. The van der Waals surface area contributed by atoms with Crippen LogP contribution in [0.3, 0.4) is 0 Å². The van der Waals surface area contributed by atoms with Crippen LogP contribution in [0.1, 0.15) is 18.4 Å². The molecule has 0 bridgehead atoms. The van der Waals surface area contributed by atoms with E-state index < -0.39 is 12.0 Å². The number of morpholine rings is 1. The van der Waals surface area contributed by atoms with Crippen LogP contribution in [0.5, 0.6) is 0 Å². The van der Waals surface area contributed by atoms with Crippen molar-refractivity contribution in [2.45, 2.75) is 25.3 Å². The van der Waals surface area contributed by atoms with Gasteiger partial charge in [0.25, 0.3) is 0 Å². The van der Waals surface area contributed by atoms with Crippen molar-refractivity contribution in [1.29, 1.82) is 0 Å². The quantitative estimate of drug-likeness (QED) is 0.875. The van der Waals surface area contributed by atoms with Crippen molar-refractivity contribution in [3.63, 3.8) is 0 Å². The molecule has 1 aromatic rings. The van der Waals surface area contributed by atoms with E-state index in [-0.39, 0.29) is 37.9 Å². The van der Waals surface area contributed by atoms with Gasteiger partial charge in [-0.3, -0.25) is 9.59 Å². The molecule has 0 saturated carbocycles. The number of hydrogen-bond donors (Lipinski definition) is 1. The number of carboxylic acids is 1. The number of benzene rings is 1. The first kappa shape index (κ1) is 16.4. The van der Waals surface area contributed by atoms with Crippen molar-refractivity contribution in [2.75, 3.05) is 31.2 Å². The lowest BCUT2D eigenvalue weighted by Gasteiger charge is -2.34. The molecule has 7 nitrogen and oxygen atoms in total. The number of para-hydroxylation sites is 1. The summed E-state index contributed by atoms with van der Waals surface area (Å²) >= 11 is 0. The van der Waals surface area contributed by atoms with Gasteiger partial charge in [-0.2, -0.15) is 0 Å². The number of carbonyl (C=O) groups is 3. The summed E-state index contributed by atoms with van der Waals surface area (Å²) in [6.07, 6.45) is 1.24. The number of hydrogen-bond acceptors (Lipinski definition) is 4. The molecule has 1 fully saturated rings. The van der Waals surface area contributed by atoms with E-state index in [2.05, 4.69) is 0 Å². The van der Waals surface area contributed by atoms with Crippen molar-refractivity contribution in [1.82, 2.24) is 4.90 Å². The first-order valence-electron chi connectivity index (χ1n) is 8.06. The van der Waals surface area contributed by atoms with Gasteiger partial charge in [-0.15, -0.1) is 0 Å². The molecule has 0 aliphatic carbocycles. The van der Waals surface area contributed by atoms with Gasteiger partial charge >= 0.3 is 5.97 Å². The van der Waals surface area contributed by atoms with E-state index in [0.717, 1.165) is 11.3 Å². The molecular formula is C17H20N2O5. The van der Waals surface area contributed by atoms with Crippen LogP contribution in [0.25, 0.3) is 0 Å². The number of carbonyl (C=O) groups excluding carboxylic acids is 2. The summed E-state index contributed by atoms with van der Waals surface area (Å²) in [5.74, 6) is -1.33. The molecule has 1 saturated heterocycles. The Balaban J connectivity index is 1.68. The summed E-state index contributed by atoms with van der Waals surface area (Å²) in [6.45, 7) is 0.867. The predicted octanol–water partition coefficient (Wildman–Crippen LogP) is 0.668. The Morgan fingerprint density at radius 1 is 1.25 bits per heavy atom. The number of anilines is 1. The van der Waals surface area contributed by atoms with E-state index in [9.17, 15) is 19.5 Å². The predicted molar refractivity (Wildman–Crippen MR) is 85.7 cm³/mol. The third kappa shape index (κ3) is 3.26. The van der Waals surface area contributed by atoms with Crippen molar-refractivity contribution in [2.24, 2.45) is 0 Å². The van der Waals surface area contributed by atoms with Gasteiger partial charge in [0.1, 0.15) is 0 Å². The van der Waals surface area contributed by atoms with E-state index in [4.69, 9.17) is 4.74 Å². The largest absolute Gasteiger partial charge is 0.480 e. The third-order valence-electron chi connectivity index (χ3n) is 4.47. The SMILES string of the molecule is O=C(O)[C@@H]1COCCN1C(=O)CCN1C(=O)CCc2ccccc21. The van der Waals surface area contributed by atoms with Crippen molar-refractivity contribution in [3.8, 4) is 0 Å². The smallest absolute Gasteiger partial charge is 0.328 e. The Morgan fingerprint density at radius 3 is 2.83 bits per heavy atom. The van der Waals surface area contributed by atoms with Crippen LogP contribution in [0.2, 0.25) is 0 Å². The molecule has 0 unspecified atom stereocenters. The maximum absolute atomic E-state index is 12.4. The second-order valence-corrected chi connectivity index (χ2v) is 5.94. The summed E-state index contributed by atoms with van der Waals surface area (Å²) in [5.41, 5.74) is 1.94. The maximum Gasteiger partial charge on any atom is 0.328 e. The van der Waals surface area contributed by atoms with Crippen molar-refractivity contribution < 1.29 is 24.2 Å². The molecule has 1 atom stereocenters. The number of fused-ring (bicyclic) bond motifs is 1. The van der Waals surface area contributed by atoms with E-state index >= 15 is 0 Å². The first-order chi connectivity index (χ1) is 11.6. The van der Waals surface area contributed by atoms with Gasteiger partial charge < -0.3 is 19.6 Å². The lowest BCUT2D eigenvalue weighted by Crippen LogP contribution is -2.53. The average Bonchev–Trinajstić information content (AvgIpc) is 2.60. The number of aryl methyl sites for hydroxylation is 1. The summed E-state index contributed by atoms with van der Waals surface area (Å²) in [6, 6.07) is 6.72. The second-order valence-electron chi connectivity index (χ2n) is 5.94. The molecule has 2 aliphatic rings. The lowest BCUT2D eigenvalue weighted by atomic mass is 10.0. The molecule has 0 aromatic heterocycles. The van der Waals surface area contributed by atoms with Gasteiger partial charge in [0.05, 0.1) is 13.2 Å². The standard InChI is InChI=1S/C17H20N2O5/c20-15-6-5-12-3-1-2-4-13(12)18(15)8-7-16(21)19-9-10-24-11-14(19)17(22)23/h1-4,14H,5-11H2,(H,22,23)/t14-/m0/s1. The van der Waals surface area contributed by atoms with Crippen molar-refractivity contribution in [3.05, 3.63) is 29.8 Å². The van der Waals surface area contributed by atoms with Crippen LogP contribution in [0.4, 0.5) is 5.69 Å². The third-order valence-corrected chi connectivity index (χ3v) is 4.47. The van der Waals surface area contributed by atoms with E-state index in [0.29, 0.717) is 19.4 Å². The lowest BCUT2D eigenvalue weighted by molar-refractivity contribution is -0.158. The Labute approximate surface area is 139 Å². The van der Waals surface area contributed by atoms with Crippen LogP contribution < -0.4 is 4.90 Å². The highest BCUT2D eigenvalue weighted by atomic mass is 16.5. The molecule has 1 N–H and O–H groups in total. The summed E-state index contributed by atoms with van der Waals surface area (Å²) in [4.78, 5) is 38.9. The number of nitrogens with zero attached hydrogens (tertiary/aromatic N) is 2. The molecule has 24 heavy (non-hydrogen) atoms. The van der Waals surface area contributed by atoms with Crippen LogP contribution in [0, 0.1) is 0 Å². The summed E-state index contributed by atoms with van der Waals surface area (Å²) in [5, 5.41) is 9.21. The molecule has 1 aromatic carbocycles. The minimum atomic E-state index is -1.07. The normalized spacial score (nSPS) is 20.7. The highest BCUT2D eigenvalue weighted by Gasteiger charge is 2.33. The Bertz CT molecular complexity index is 660. The maximum atomic E-state index is 12.4. The fourth-order valence-corrected chi connectivity index (χ4v) is 3.20. The highest BCUT2D eigenvalue weighted by Crippen LogP contribution is 2.27. The topological polar surface area (TPSA) is 87.2 Å². The fraction of sp³-hybridized carbons (Fsp3) is 0.471. The second kappa shape index (κ2) is 7.00. The van der Waals surface area contributed by atoms with Gasteiger partial charge in [0.2, 0.25) is 11.8 Å². The number of amides is 2. The molecular weight excluding hydrogens is 312 g/mol. The van der Waals surface area contributed by atoms with Crippen LogP contribution in [0.15, 0.2) is 24.3 Å². The van der Waals surface area contributed by atoms with Crippen LogP contribution in [-0.4, -0.2) is 60.1 Å². The molecule has 0 radical (unpaired) electrons. The molecule has 128 valence electrons. The first-order valence-corrected chi connectivity index (χ1v) is 8.06. The minimum Gasteiger partial charge on any atom is -0.480 e. The van der Waals surface area contributed by atoms with Crippen LogP contribution in [-0.2, 0) is 25.5 Å². The zero-order valence-corrected chi connectivity index (χ0v) is 13.3. The number of aliphatic carboxylic acids is 1. The van der Waals surface area contributed by atoms with Gasteiger partial charge in [0.15, 0.2) is 6.04 Å². The van der Waals surface area contributed by atoms with E-state index in [1.165, 1.54) is 4.90 Å². The zero-order valence-electron chi connectivity index (χ0n) is 13.3. The van der Waals surface area contributed by atoms with E-state index in [1.54, 1.807) is 4.90 Å². The van der Waals surface area contributed by atoms with Crippen molar-refractivity contribution >= 4 is 23.5 Å². The van der Waals surface area contributed by atoms with Gasteiger partial charge in [-0.25, -0.2) is 4.79 Å². The molecule has 2 heterocycles. The molecule has 7 heteroatoms. The zero-order chi connectivity index (χ0) is 17.1. The number of carboxylic acid groups (broad SMARTS) is 1. The van der Waals surface area contributed by atoms with Gasteiger partial charge in [-0.1, -0.05) is 18.2 Å². The fourth-order valence-electron chi connectivity index (χ4n) is 3.20. The number of ether oxygens (including phenoxy) is 1. The monoisotopic (exact) mass is 332 g/mol. The highest BCUT2D eigenvalue weighted by molar-refractivity contribution is 5.97.